The molecular formula is C43H28N3Se. The minimum absolute atomic E-state index is 0.654. The van der Waals surface area contributed by atoms with Crippen LogP contribution in [0.3, 0.4) is 0 Å². The van der Waals surface area contributed by atoms with Gasteiger partial charge in [-0.25, -0.2) is 4.98 Å². The first kappa shape index (κ1) is 28.8. The van der Waals surface area contributed by atoms with Crippen LogP contribution in [0.2, 0.25) is 0 Å². The third kappa shape index (κ3) is 5.66. The molecule has 0 saturated carbocycles. The molecule has 0 aliphatic heterocycles. The van der Waals surface area contributed by atoms with Gasteiger partial charge in [0.25, 0.3) is 0 Å². The summed E-state index contributed by atoms with van der Waals surface area (Å²) >= 11 is 3.34. The molecule has 221 valence electrons. The number of benzene rings is 7. The topological polar surface area (TPSA) is 38.7 Å². The van der Waals surface area contributed by atoms with Crippen molar-refractivity contribution in [1.82, 2.24) is 15.0 Å². The summed E-state index contributed by atoms with van der Waals surface area (Å²) in [5.74, 6) is 1.96. The molecule has 0 atom stereocenters. The number of aromatic nitrogens is 3. The van der Waals surface area contributed by atoms with Crippen LogP contribution in [0.4, 0.5) is 0 Å². The van der Waals surface area contributed by atoms with Gasteiger partial charge in [-0.2, -0.15) is 0 Å². The molecule has 0 saturated heterocycles. The molecule has 1 radical (unpaired) electrons. The Morgan fingerprint density at radius 1 is 0.277 bits per heavy atom. The average Bonchev–Trinajstić information content (AvgIpc) is 3.15. The maximum absolute atomic E-state index is 5.01. The number of fused-ring (bicyclic) bond motifs is 1. The van der Waals surface area contributed by atoms with E-state index in [1.807, 2.05) is 60.7 Å². The van der Waals surface area contributed by atoms with Crippen molar-refractivity contribution in [2.24, 2.45) is 0 Å². The molecule has 8 aromatic rings. The first-order valence-electron chi connectivity index (χ1n) is 15.6. The van der Waals surface area contributed by atoms with Crippen LogP contribution >= 0.6 is 0 Å². The van der Waals surface area contributed by atoms with Crippen molar-refractivity contribution < 1.29 is 0 Å². The predicted molar refractivity (Wildman–Crippen MR) is 195 cm³/mol. The maximum atomic E-state index is 5.01. The molecule has 0 bridgehead atoms. The van der Waals surface area contributed by atoms with Crippen molar-refractivity contribution in [2.75, 3.05) is 0 Å². The zero-order valence-electron chi connectivity index (χ0n) is 25.4. The Labute approximate surface area is 282 Å². The molecule has 1 aromatic heterocycles. The zero-order valence-corrected chi connectivity index (χ0v) is 27.1. The summed E-state index contributed by atoms with van der Waals surface area (Å²) in [5, 5.41) is 2.25. The summed E-state index contributed by atoms with van der Waals surface area (Å²) in [6, 6.07) is 58.9. The van der Waals surface area contributed by atoms with Gasteiger partial charge >= 0.3 is 195 Å². The van der Waals surface area contributed by atoms with E-state index in [4.69, 9.17) is 15.0 Å². The molecule has 0 spiro atoms. The van der Waals surface area contributed by atoms with E-state index in [0.717, 1.165) is 43.1 Å². The van der Waals surface area contributed by atoms with Crippen LogP contribution in [0.1, 0.15) is 0 Å². The number of hydrogen-bond acceptors (Lipinski definition) is 3. The first-order chi connectivity index (χ1) is 23.2. The molecule has 8 rings (SSSR count). The van der Waals surface area contributed by atoms with Gasteiger partial charge in [-0.05, 0) is 0 Å². The van der Waals surface area contributed by atoms with Crippen LogP contribution in [-0.4, -0.2) is 31.0 Å². The summed E-state index contributed by atoms with van der Waals surface area (Å²) in [6.07, 6.45) is 0. The molecule has 47 heavy (non-hydrogen) atoms. The summed E-state index contributed by atoms with van der Waals surface area (Å²) in [5.41, 5.74) is 9.98. The van der Waals surface area contributed by atoms with Gasteiger partial charge in [0.2, 0.25) is 0 Å². The number of nitrogens with zero attached hydrogens (tertiary/aromatic N) is 3. The molecule has 1 heterocycles. The third-order valence-corrected chi connectivity index (χ3v) is 9.39. The second kappa shape index (κ2) is 12.6. The SMILES string of the molecule is [Se]c1c(-c2ccccc2)cccc1-c1ccc(-c2cccc3c(-c4nc(-c5ccccc5)nc(-c5ccccc5)n4)cccc23)cc1. The van der Waals surface area contributed by atoms with Crippen LogP contribution in [-0.2, 0) is 0 Å². The summed E-state index contributed by atoms with van der Waals surface area (Å²) in [4.78, 5) is 14.9. The molecular weight excluding hydrogens is 637 g/mol. The van der Waals surface area contributed by atoms with E-state index in [0.29, 0.717) is 17.5 Å². The number of rotatable bonds is 6. The van der Waals surface area contributed by atoms with E-state index < -0.39 is 0 Å². The number of hydrogen-bond donors (Lipinski definition) is 0. The van der Waals surface area contributed by atoms with Crippen molar-refractivity contribution in [3.63, 3.8) is 0 Å². The van der Waals surface area contributed by atoms with Gasteiger partial charge in [-0.15, -0.1) is 0 Å². The van der Waals surface area contributed by atoms with Crippen molar-refractivity contribution in [1.29, 1.82) is 0 Å². The predicted octanol–water partition coefficient (Wildman–Crippen LogP) is 9.82. The van der Waals surface area contributed by atoms with E-state index in [9.17, 15) is 0 Å². The Hall–Kier alpha value is -5.67. The van der Waals surface area contributed by atoms with E-state index >= 15 is 0 Å². The van der Waals surface area contributed by atoms with Crippen molar-refractivity contribution in [2.45, 2.75) is 0 Å². The van der Waals surface area contributed by atoms with Crippen LogP contribution in [0.15, 0.2) is 170 Å². The third-order valence-electron chi connectivity index (χ3n) is 8.47. The molecule has 0 aliphatic carbocycles. The Bertz CT molecular complexity index is 2280. The second-order valence-corrected chi connectivity index (χ2v) is 12.2. The van der Waals surface area contributed by atoms with Crippen LogP contribution in [0.5, 0.6) is 0 Å². The van der Waals surface area contributed by atoms with Gasteiger partial charge in [0.05, 0.1) is 0 Å². The second-order valence-electron chi connectivity index (χ2n) is 11.4. The van der Waals surface area contributed by atoms with E-state index in [-0.39, 0.29) is 0 Å². The van der Waals surface area contributed by atoms with E-state index in [1.165, 1.54) is 22.3 Å². The molecule has 3 nitrogen and oxygen atoms in total. The molecule has 0 N–H and O–H groups in total. The van der Waals surface area contributed by atoms with Gasteiger partial charge in [-0.3, -0.25) is 0 Å². The first-order valence-corrected chi connectivity index (χ1v) is 16.4. The molecule has 7 aromatic carbocycles. The zero-order chi connectivity index (χ0) is 31.6. The quantitative estimate of drug-likeness (QED) is 0.166. The Kier molecular flexibility index (Phi) is 7.72. The average molecular weight is 666 g/mol. The summed E-state index contributed by atoms with van der Waals surface area (Å²) in [6.45, 7) is 0. The van der Waals surface area contributed by atoms with Crippen LogP contribution in [0, 0.1) is 0 Å². The fourth-order valence-corrected chi connectivity index (χ4v) is 6.90. The van der Waals surface area contributed by atoms with E-state index in [1.54, 1.807) is 0 Å². The molecule has 4 heteroatoms. The normalized spacial score (nSPS) is 11.1. The van der Waals surface area contributed by atoms with Gasteiger partial charge in [0.1, 0.15) is 0 Å². The van der Waals surface area contributed by atoms with Crippen molar-refractivity contribution >= 4 is 31.2 Å². The monoisotopic (exact) mass is 666 g/mol. The molecule has 0 amide bonds. The fourth-order valence-electron chi connectivity index (χ4n) is 6.12. The van der Waals surface area contributed by atoms with Crippen molar-refractivity contribution in [3.8, 4) is 67.5 Å². The molecule has 0 fully saturated rings. The Morgan fingerprint density at radius 3 is 1.17 bits per heavy atom. The van der Waals surface area contributed by atoms with Gasteiger partial charge < -0.3 is 0 Å². The van der Waals surface area contributed by atoms with Crippen LogP contribution in [0.25, 0.3) is 78.3 Å². The van der Waals surface area contributed by atoms with Gasteiger partial charge in [0.15, 0.2) is 11.6 Å². The van der Waals surface area contributed by atoms with Gasteiger partial charge in [-0.1, -0.05) is 60.7 Å². The summed E-state index contributed by atoms with van der Waals surface area (Å²) in [7, 11) is 0. The molecule has 0 unspecified atom stereocenters. The molecule has 0 aliphatic rings. The summed E-state index contributed by atoms with van der Waals surface area (Å²) < 4.78 is 1.16. The van der Waals surface area contributed by atoms with Gasteiger partial charge in [0, 0.05) is 11.1 Å². The fraction of sp³-hybridized carbons (Fsp3) is 0. The standard InChI is InChI=1S/C43H28N3Se/c47-40-35(29-13-4-1-5-14-29)20-11-21-36(40)31-27-25-30(26-28-31)34-19-10-23-38-37(34)22-12-24-39(38)43-45-41(32-15-6-2-7-16-32)44-42(46-43)33-17-8-3-9-18-33/h1-28H. The van der Waals surface area contributed by atoms with Crippen molar-refractivity contribution in [3.05, 3.63) is 170 Å². The van der Waals surface area contributed by atoms with E-state index in [2.05, 4.69) is 125 Å². The van der Waals surface area contributed by atoms with Crippen LogP contribution < -0.4 is 4.46 Å². The Morgan fingerprint density at radius 2 is 0.638 bits per heavy atom. The minimum atomic E-state index is 0.654. The Balaban J connectivity index is 1.21.